The quantitative estimate of drug-likeness (QED) is 0.849. The lowest BCUT2D eigenvalue weighted by atomic mass is 10.1. The molecule has 130 valence electrons. The number of amides is 1. The molecule has 1 amide bonds. The third-order valence-electron chi connectivity index (χ3n) is 4.49. The molecule has 7 nitrogen and oxygen atoms in total. The number of anilines is 1. The Morgan fingerprint density at radius 1 is 1.44 bits per heavy atom. The van der Waals surface area contributed by atoms with Crippen LogP contribution in [-0.2, 0) is 4.79 Å². The number of carbonyl (C=O) groups excluding carboxylic acids is 1. The van der Waals surface area contributed by atoms with E-state index >= 15 is 0 Å². The van der Waals surface area contributed by atoms with E-state index < -0.39 is 0 Å². The molecule has 0 spiro atoms. The van der Waals surface area contributed by atoms with Gasteiger partial charge < -0.3 is 9.80 Å². The second-order valence-corrected chi connectivity index (χ2v) is 6.51. The van der Waals surface area contributed by atoms with Crippen LogP contribution in [0.4, 0.5) is 5.82 Å². The summed E-state index contributed by atoms with van der Waals surface area (Å²) in [5.41, 5.74) is 1.65. The van der Waals surface area contributed by atoms with Gasteiger partial charge in [-0.05, 0) is 37.5 Å². The first-order chi connectivity index (χ1) is 12.1. The number of hydrogen-bond donors (Lipinski definition) is 0. The number of aromatic nitrogens is 3. The van der Waals surface area contributed by atoms with Crippen LogP contribution in [0.5, 0.6) is 0 Å². The zero-order chi connectivity index (χ0) is 17.8. The van der Waals surface area contributed by atoms with Crippen molar-refractivity contribution >= 4 is 11.7 Å². The number of rotatable bonds is 4. The molecule has 0 saturated carbocycles. The predicted octanol–water partition coefficient (Wildman–Crippen LogP) is 1.76. The molecule has 1 atom stereocenters. The van der Waals surface area contributed by atoms with Gasteiger partial charge in [-0.2, -0.15) is 10.4 Å². The molecule has 2 aromatic heterocycles. The fraction of sp³-hybridized carbons (Fsp3) is 0.444. The van der Waals surface area contributed by atoms with Gasteiger partial charge >= 0.3 is 0 Å². The van der Waals surface area contributed by atoms with Gasteiger partial charge in [0.25, 0.3) is 0 Å². The lowest BCUT2D eigenvalue weighted by molar-refractivity contribution is -0.131. The number of likely N-dealkylation sites (N-methyl/N-ethyl adjacent to an activating group) is 1. The summed E-state index contributed by atoms with van der Waals surface area (Å²) in [6, 6.07) is 5.75. The highest BCUT2D eigenvalue weighted by atomic mass is 16.2. The second-order valence-electron chi connectivity index (χ2n) is 6.51. The third kappa shape index (κ3) is 3.97. The molecule has 1 fully saturated rings. The number of likely N-dealkylation sites (tertiary alicyclic amines) is 1. The van der Waals surface area contributed by atoms with E-state index in [0.29, 0.717) is 17.9 Å². The molecule has 25 heavy (non-hydrogen) atoms. The van der Waals surface area contributed by atoms with Gasteiger partial charge in [-0.1, -0.05) is 0 Å². The van der Waals surface area contributed by atoms with Crippen LogP contribution in [0.3, 0.4) is 0 Å². The lowest BCUT2D eigenvalue weighted by Crippen LogP contribution is -2.45. The molecule has 0 radical (unpaired) electrons. The number of aryl methyl sites for hydroxylation is 1. The van der Waals surface area contributed by atoms with Crippen LogP contribution in [-0.4, -0.2) is 52.3 Å². The minimum atomic E-state index is 0.0854. The molecule has 0 bridgehead atoms. The molecule has 2 aromatic rings. The molecule has 0 aliphatic carbocycles. The summed E-state index contributed by atoms with van der Waals surface area (Å²) in [4.78, 5) is 20.6. The Bertz CT molecular complexity index is 776. The Kier molecular flexibility index (Phi) is 4.98. The third-order valence-corrected chi connectivity index (χ3v) is 4.49. The van der Waals surface area contributed by atoms with E-state index in [-0.39, 0.29) is 18.5 Å². The predicted molar refractivity (Wildman–Crippen MR) is 94.0 cm³/mol. The summed E-state index contributed by atoms with van der Waals surface area (Å²) >= 11 is 0. The molecule has 3 rings (SSSR count). The Morgan fingerprint density at radius 2 is 2.28 bits per heavy atom. The van der Waals surface area contributed by atoms with Gasteiger partial charge in [0.1, 0.15) is 11.9 Å². The van der Waals surface area contributed by atoms with Gasteiger partial charge in [0, 0.05) is 32.5 Å². The van der Waals surface area contributed by atoms with Crippen molar-refractivity contribution < 1.29 is 4.79 Å². The maximum Gasteiger partial charge on any atom is 0.242 e. The molecule has 0 unspecified atom stereocenters. The van der Waals surface area contributed by atoms with E-state index in [1.54, 1.807) is 12.1 Å². The average molecular weight is 338 g/mol. The highest BCUT2D eigenvalue weighted by Gasteiger charge is 2.25. The highest BCUT2D eigenvalue weighted by Crippen LogP contribution is 2.21. The van der Waals surface area contributed by atoms with Crippen molar-refractivity contribution in [2.75, 3.05) is 31.6 Å². The largest absolute Gasteiger partial charge is 0.350 e. The van der Waals surface area contributed by atoms with Crippen LogP contribution in [0.1, 0.15) is 30.0 Å². The maximum absolute atomic E-state index is 12.7. The first-order valence-corrected chi connectivity index (χ1v) is 8.42. The fourth-order valence-corrected chi connectivity index (χ4v) is 3.09. The zero-order valence-electron chi connectivity index (χ0n) is 14.6. The van der Waals surface area contributed by atoms with E-state index in [4.69, 9.17) is 5.26 Å². The summed E-state index contributed by atoms with van der Waals surface area (Å²) in [6.45, 7) is 3.76. The molecule has 1 aliphatic heterocycles. The molecular formula is C18H22N6O. The summed E-state index contributed by atoms with van der Waals surface area (Å²) < 4.78 is 1.97. The Morgan fingerprint density at radius 3 is 2.92 bits per heavy atom. The van der Waals surface area contributed by atoms with Crippen LogP contribution >= 0.6 is 0 Å². The molecule has 1 saturated heterocycles. The standard InChI is InChI=1S/C18H22N6O/c1-14-9-21-24(11-14)16-4-3-7-23(12-16)18(25)13-22(2)17-6-5-15(8-19)10-20-17/h5-6,9-11,16H,3-4,7,12-13H2,1-2H3/t16-/m0/s1. The topological polar surface area (TPSA) is 78.0 Å². The zero-order valence-corrected chi connectivity index (χ0v) is 14.6. The van der Waals surface area contributed by atoms with Gasteiger partial charge in [-0.25, -0.2) is 4.98 Å². The van der Waals surface area contributed by atoms with Crippen LogP contribution in [0.2, 0.25) is 0 Å². The average Bonchev–Trinajstić information content (AvgIpc) is 3.08. The van der Waals surface area contributed by atoms with Gasteiger partial charge in [-0.15, -0.1) is 0 Å². The summed E-state index contributed by atoms with van der Waals surface area (Å²) in [7, 11) is 1.84. The van der Waals surface area contributed by atoms with E-state index in [0.717, 1.165) is 24.9 Å². The summed E-state index contributed by atoms with van der Waals surface area (Å²) in [5.74, 6) is 0.769. The number of pyridine rings is 1. The van der Waals surface area contributed by atoms with E-state index in [1.807, 2.05) is 46.9 Å². The maximum atomic E-state index is 12.7. The Balaban J connectivity index is 1.61. The van der Waals surface area contributed by atoms with Crippen LogP contribution < -0.4 is 4.90 Å². The molecule has 3 heterocycles. The van der Waals surface area contributed by atoms with Crippen molar-refractivity contribution in [3.8, 4) is 6.07 Å². The summed E-state index contributed by atoms with van der Waals surface area (Å²) in [6.07, 6.45) is 7.43. The second kappa shape index (κ2) is 7.34. The molecule has 1 aliphatic rings. The lowest BCUT2D eigenvalue weighted by Gasteiger charge is -2.34. The fourth-order valence-electron chi connectivity index (χ4n) is 3.09. The van der Waals surface area contributed by atoms with Gasteiger partial charge in [-0.3, -0.25) is 9.48 Å². The molecule has 0 N–H and O–H groups in total. The minimum absolute atomic E-state index is 0.0854. The van der Waals surface area contributed by atoms with Gasteiger partial charge in [0.05, 0.1) is 24.3 Å². The van der Waals surface area contributed by atoms with Gasteiger partial charge in [0.2, 0.25) is 5.91 Å². The Labute approximate surface area is 147 Å². The number of piperidine rings is 1. The van der Waals surface area contributed by atoms with Crippen molar-refractivity contribution in [2.24, 2.45) is 0 Å². The minimum Gasteiger partial charge on any atom is -0.350 e. The van der Waals surface area contributed by atoms with Crippen LogP contribution in [0, 0.1) is 18.3 Å². The van der Waals surface area contributed by atoms with Crippen molar-refractivity contribution in [1.29, 1.82) is 5.26 Å². The smallest absolute Gasteiger partial charge is 0.242 e. The van der Waals surface area contributed by atoms with E-state index in [2.05, 4.69) is 10.1 Å². The molecule has 0 aromatic carbocycles. The number of carbonyl (C=O) groups is 1. The van der Waals surface area contributed by atoms with E-state index in [9.17, 15) is 4.79 Å². The van der Waals surface area contributed by atoms with Crippen LogP contribution in [0.15, 0.2) is 30.7 Å². The summed E-state index contributed by atoms with van der Waals surface area (Å²) in [5, 5.41) is 13.2. The molecular weight excluding hydrogens is 316 g/mol. The normalized spacial score (nSPS) is 17.2. The SMILES string of the molecule is Cc1cnn([C@H]2CCCN(C(=O)CN(C)c3ccc(C#N)cn3)C2)c1. The van der Waals surface area contributed by atoms with Crippen molar-refractivity contribution in [3.63, 3.8) is 0 Å². The van der Waals surface area contributed by atoms with Crippen LogP contribution in [0.25, 0.3) is 0 Å². The number of nitriles is 1. The highest BCUT2D eigenvalue weighted by molar-refractivity contribution is 5.81. The van der Waals surface area contributed by atoms with Crippen molar-refractivity contribution in [3.05, 3.63) is 41.9 Å². The van der Waals surface area contributed by atoms with E-state index in [1.165, 1.54) is 6.20 Å². The number of hydrogen-bond acceptors (Lipinski definition) is 5. The first-order valence-electron chi connectivity index (χ1n) is 8.42. The Hall–Kier alpha value is -2.88. The monoisotopic (exact) mass is 338 g/mol. The molecule has 7 heteroatoms. The first kappa shape index (κ1) is 17.0. The van der Waals surface area contributed by atoms with Crippen molar-refractivity contribution in [1.82, 2.24) is 19.7 Å². The number of nitrogens with zero attached hydrogens (tertiary/aromatic N) is 6. The van der Waals surface area contributed by atoms with Gasteiger partial charge in [0.15, 0.2) is 0 Å². The van der Waals surface area contributed by atoms with Crippen molar-refractivity contribution in [2.45, 2.75) is 25.8 Å².